The van der Waals surface area contributed by atoms with E-state index in [1.165, 1.54) is 109 Å². The van der Waals surface area contributed by atoms with Crippen LogP contribution in [0.1, 0.15) is 206 Å². The molecule has 0 bridgehead atoms. The summed E-state index contributed by atoms with van der Waals surface area (Å²) in [6.07, 6.45) is 57.6. The number of esters is 1. The zero-order valence-corrected chi connectivity index (χ0v) is 41.9. The first kappa shape index (κ1) is 61.4. The SMILES string of the molecule is CC/C=C\C/C=C\C/C=C\C/C=C\C/C=C\CCCCCC(=O)OC(COCCCCCCCCCCCCCC/C=C\C/C=C\CCCCCCC)COC1OC(CO)C(O)C(O)C1O. The van der Waals surface area contributed by atoms with E-state index < -0.39 is 43.4 Å². The number of hydrogen-bond donors (Lipinski definition) is 4. The minimum atomic E-state index is -1.55. The van der Waals surface area contributed by atoms with E-state index in [-0.39, 0.29) is 25.6 Å². The van der Waals surface area contributed by atoms with Gasteiger partial charge in [-0.3, -0.25) is 4.79 Å². The number of aliphatic hydroxyl groups is 4. The molecule has 1 fully saturated rings. The van der Waals surface area contributed by atoms with Crippen LogP contribution in [0.25, 0.3) is 0 Å². The fourth-order valence-corrected chi connectivity index (χ4v) is 7.67. The van der Waals surface area contributed by atoms with Gasteiger partial charge in [-0.1, -0.05) is 195 Å². The van der Waals surface area contributed by atoms with Crippen LogP contribution in [0.5, 0.6) is 0 Å². The number of allylic oxidation sites excluding steroid dienone is 14. The third-order valence-corrected chi connectivity index (χ3v) is 11.8. The summed E-state index contributed by atoms with van der Waals surface area (Å²) < 4.78 is 22.9. The highest BCUT2D eigenvalue weighted by Gasteiger charge is 2.44. The molecular weight excluding hydrogens is 829 g/mol. The van der Waals surface area contributed by atoms with Crippen LogP contribution < -0.4 is 0 Å². The molecule has 0 spiro atoms. The second kappa shape index (κ2) is 47.4. The topological polar surface area (TPSA) is 135 Å². The molecule has 0 aromatic rings. The third-order valence-electron chi connectivity index (χ3n) is 11.8. The molecule has 0 radical (unpaired) electrons. The van der Waals surface area contributed by atoms with Gasteiger partial charge in [0, 0.05) is 13.0 Å². The monoisotopic (exact) mass is 927 g/mol. The van der Waals surface area contributed by atoms with Crippen LogP contribution in [-0.2, 0) is 23.7 Å². The minimum Gasteiger partial charge on any atom is -0.457 e. The van der Waals surface area contributed by atoms with Crippen LogP contribution in [0.15, 0.2) is 85.1 Å². The zero-order valence-electron chi connectivity index (χ0n) is 41.9. The Morgan fingerprint density at radius 3 is 1.39 bits per heavy atom. The van der Waals surface area contributed by atoms with Crippen molar-refractivity contribution in [3.8, 4) is 0 Å². The van der Waals surface area contributed by atoms with Gasteiger partial charge in [0.1, 0.15) is 30.5 Å². The molecule has 0 aromatic heterocycles. The van der Waals surface area contributed by atoms with Gasteiger partial charge in [0.25, 0.3) is 0 Å². The van der Waals surface area contributed by atoms with Crippen LogP contribution in [0.4, 0.5) is 0 Å². The molecule has 0 amide bonds. The van der Waals surface area contributed by atoms with Crippen molar-refractivity contribution in [2.24, 2.45) is 0 Å². The molecule has 66 heavy (non-hydrogen) atoms. The first-order chi connectivity index (χ1) is 32.4. The Bertz CT molecular complexity index is 1280. The quantitative estimate of drug-likeness (QED) is 0.0267. The van der Waals surface area contributed by atoms with E-state index in [0.29, 0.717) is 13.0 Å². The van der Waals surface area contributed by atoms with Crippen molar-refractivity contribution >= 4 is 5.97 Å². The molecule has 9 heteroatoms. The number of carbonyl (C=O) groups excluding carboxylic acids is 1. The number of aliphatic hydroxyl groups excluding tert-OH is 4. The Balaban J connectivity index is 2.21. The van der Waals surface area contributed by atoms with Crippen molar-refractivity contribution in [3.63, 3.8) is 0 Å². The van der Waals surface area contributed by atoms with E-state index in [9.17, 15) is 25.2 Å². The molecule has 0 aromatic carbocycles. The van der Waals surface area contributed by atoms with E-state index in [2.05, 4.69) is 98.9 Å². The van der Waals surface area contributed by atoms with Crippen molar-refractivity contribution in [3.05, 3.63) is 85.1 Å². The Kier molecular flexibility index (Phi) is 44.1. The summed E-state index contributed by atoms with van der Waals surface area (Å²) in [4.78, 5) is 12.8. The zero-order chi connectivity index (χ0) is 47.8. The lowest BCUT2D eigenvalue weighted by atomic mass is 9.99. The molecule has 1 saturated heterocycles. The van der Waals surface area contributed by atoms with Crippen molar-refractivity contribution in [1.29, 1.82) is 0 Å². The largest absolute Gasteiger partial charge is 0.457 e. The summed E-state index contributed by atoms with van der Waals surface area (Å²) in [5, 5.41) is 40.3. The lowest BCUT2D eigenvalue weighted by Gasteiger charge is -2.39. The van der Waals surface area contributed by atoms with Crippen LogP contribution in [0.2, 0.25) is 0 Å². The van der Waals surface area contributed by atoms with Crippen molar-refractivity contribution in [2.45, 2.75) is 243 Å². The van der Waals surface area contributed by atoms with Crippen molar-refractivity contribution in [1.82, 2.24) is 0 Å². The highest BCUT2D eigenvalue weighted by molar-refractivity contribution is 5.69. The van der Waals surface area contributed by atoms with E-state index >= 15 is 0 Å². The molecule has 1 rings (SSSR count). The number of unbranched alkanes of at least 4 members (excludes halogenated alkanes) is 20. The standard InChI is InChI=1S/C57H98O9/c1-3-5-7-9-11-13-15-17-19-21-23-24-25-26-27-29-31-33-35-37-39-41-43-45-47-63-49-51(50-64-57-56(62)55(61)54(60)52(48-58)66-57)65-53(59)46-44-42-40-38-36-34-32-30-28-22-20-18-16-14-12-10-8-6-4-2/h6,8,12,14-15,17-18,20-21,23,28,30,34,36,51-52,54-58,60-62H,3-5,7,9-11,13,16,19,22,24-27,29,31-33,35,37-50H2,1-2H3/b8-6-,14-12-,17-15-,20-18-,23-21-,30-28-,36-34-. The minimum absolute atomic E-state index is 0.126. The Hall–Kier alpha value is -2.63. The lowest BCUT2D eigenvalue weighted by Crippen LogP contribution is -2.59. The van der Waals surface area contributed by atoms with E-state index in [1.807, 2.05) is 0 Å². The van der Waals surface area contributed by atoms with Gasteiger partial charge in [0.15, 0.2) is 6.29 Å². The molecular formula is C57H98O9. The molecule has 4 N–H and O–H groups in total. The molecule has 1 heterocycles. The average molecular weight is 927 g/mol. The van der Waals surface area contributed by atoms with Gasteiger partial charge in [-0.25, -0.2) is 0 Å². The molecule has 1 aliphatic rings. The molecule has 6 atom stereocenters. The van der Waals surface area contributed by atoms with E-state index in [0.717, 1.165) is 70.6 Å². The highest BCUT2D eigenvalue weighted by Crippen LogP contribution is 2.23. The smallest absolute Gasteiger partial charge is 0.306 e. The van der Waals surface area contributed by atoms with Crippen molar-refractivity contribution in [2.75, 3.05) is 26.4 Å². The summed E-state index contributed by atoms with van der Waals surface area (Å²) in [5.41, 5.74) is 0. The maximum atomic E-state index is 12.8. The predicted octanol–water partition coefficient (Wildman–Crippen LogP) is 13.4. The van der Waals surface area contributed by atoms with Gasteiger partial charge in [0.2, 0.25) is 0 Å². The fraction of sp³-hybridized carbons (Fsp3) is 0.737. The maximum Gasteiger partial charge on any atom is 0.306 e. The summed E-state index contributed by atoms with van der Waals surface area (Å²) in [5.74, 6) is -0.346. The van der Waals surface area contributed by atoms with Crippen LogP contribution in [-0.4, -0.2) is 89.6 Å². The number of ether oxygens (including phenoxy) is 4. The molecule has 6 unspecified atom stereocenters. The summed E-state index contributed by atoms with van der Waals surface area (Å²) in [7, 11) is 0. The van der Waals surface area contributed by atoms with Gasteiger partial charge >= 0.3 is 5.97 Å². The normalized spacial score (nSPS) is 20.0. The summed E-state index contributed by atoms with van der Waals surface area (Å²) in [6.45, 7) is 4.39. The molecule has 0 aliphatic carbocycles. The molecule has 380 valence electrons. The van der Waals surface area contributed by atoms with E-state index in [4.69, 9.17) is 18.9 Å². The number of carbonyl (C=O) groups is 1. The molecule has 0 saturated carbocycles. The van der Waals surface area contributed by atoms with Crippen LogP contribution >= 0.6 is 0 Å². The highest BCUT2D eigenvalue weighted by atomic mass is 16.7. The summed E-state index contributed by atoms with van der Waals surface area (Å²) >= 11 is 0. The number of hydrogen-bond acceptors (Lipinski definition) is 9. The van der Waals surface area contributed by atoms with E-state index in [1.54, 1.807) is 0 Å². The Labute approximate surface area is 403 Å². The average Bonchev–Trinajstić information content (AvgIpc) is 3.32. The summed E-state index contributed by atoms with van der Waals surface area (Å²) in [6, 6.07) is 0. The third kappa shape index (κ3) is 37.4. The Morgan fingerprint density at radius 1 is 0.500 bits per heavy atom. The fourth-order valence-electron chi connectivity index (χ4n) is 7.67. The van der Waals surface area contributed by atoms with Crippen molar-refractivity contribution < 1.29 is 44.2 Å². The molecule has 1 aliphatic heterocycles. The van der Waals surface area contributed by atoms with Gasteiger partial charge in [0.05, 0.1) is 19.8 Å². The maximum absolute atomic E-state index is 12.8. The van der Waals surface area contributed by atoms with Gasteiger partial charge in [-0.05, 0) is 89.9 Å². The van der Waals surface area contributed by atoms with Crippen LogP contribution in [0, 0.1) is 0 Å². The van der Waals surface area contributed by atoms with Gasteiger partial charge in [-0.2, -0.15) is 0 Å². The predicted molar refractivity (Wildman–Crippen MR) is 274 cm³/mol. The second-order valence-corrected chi connectivity index (χ2v) is 17.9. The molecule has 9 nitrogen and oxygen atoms in total. The second-order valence-electron chi connectivity index (χ2n) is 17.9. The first-order valence-corrected chi connectivity index (χ1v) is 26.7. The Morgan fingerprint density at radius 2 is 0.924 bits per heavy atom. The van der Waals surface area contributed by atoms with Gasteiger partial charge < -0.3 is 39.4 Å². The number of rotatable bonds is 45. The first-order valence-electron chi connectivity index (χ1n) is 26.7. The van der Waals surface area contributed by atoms with Crippen LogP contribution in [0.3, 0.4) is 0 Å². The lowest BCUT2D eigenvalue weighted by molar-refractivity contribution is -0.305. The van der Waals surface area contributed by atoms with Gasteiger partial charge in [-0.15, -0.1) is 0 Å².